The predicted molar refractivity (Wildman–Crippen MR) is 73.5 cm³/mol. The number of hydrogen-bond acceptors (Lipinski definition) is 3. The van der Waals surface area contributed by atoms with Crippen molar-refractivity contribution in [2.24, 2.45) is 0 Å². The van der Waals surface area contributed by atoms with E-state index in [1.165, 1.54) is 4.74 Å². The van der Waals surface area contributed by atoms with Gasteiger partial charge in [-0.25, -0.2) is 4.39 Å². The summed E-state index contributed by atoms with van der Waals surface area (Å²) in [5.74, 6) is -30.4. The van der Waals surface area contributed by atoms with Gasteiger partial charge in [-0.3, -0.25) is 14.2 Å². The molecule has 0 rings (SSSR count). The number of alkyl halides is 22. The van der Waals surface area contributed by atoms with Crippen LogP contribution in [0.15, 0.2) is 12.2 Å². The van der Waals surface area contributed by atoms with Gasteiger partial charge in [0, 0.05) is 0 Å². The summed E-state index contributed by atoms with van der Waals surface area (Å²) in [6.45, 7) is 2.22. The number of ether oxygens (including phenoxy) is 3. The van der Waals surface area contributed by atoms with Gasteiger partial charge >= 0.3 is 60.4 Å². The summed E-state index contributed by atoms with van der Waals surface area (Å²) >= 11 is 0. The van der Waals surface area contributed by atoms with Crippen LogP contribution in [-0.2, 0) is 14.2 Å². The van der Waals surface area contributed by atoms with E-state index >= 15 is 0 Å². The first-order valence-electron chi connectivity index (χ1n) is 8.34. The van der Waals surface area contributed by atoms with Crippen LogP contribution < -0.4 is 0 Å². The van der Waals surface area contributed by atoms with Gasteiger partial charge in [0.05, 0.1) is 0 Å². The second kappa shape index (κ2) is 9.87. The highest BCUT2D eigenvalue weighted by atomic mass is 19.4. The fourth-order valence-corrected chi connectivity index (χ4v) is 1.69. The molecule has 3 nitrogen and oxygen atoms in total. The highest BCUT2D eigenvalue weighted by molar-refractivity contribution is 5.06. The molecule has 0 fully saturated rings. The SMILES string of the molecule is C=C(C)C(F)(F)C(F)OC(F)(F)C(F)(OC(F)(F)C(F)(OC(F)(F)C(F)(F)C(F)(F)F)C(F)(F)F)C(F)(F)F. The summed E-state index contributed by atoms with van der Waals surface area (Å²) < 4.78 is 291. The summed E-state index contributed by atoms with van der Waals surface area (Å²) in [5, 5.41) is 0. The van der Waals surface area contributed by atoms with Gasteiger partial charge in [-0.05, 0) is 12.5 Å². The fourth-order valence-electron chi connectivity index (χ4n) is 1.69. The molecule has 0 saturated carbocycles. The molecule has 0 aliphatic carbocycles. The van der Waals surface area contributed by atoms with Crippen LogP contribution in [0.1, 0.15) is 6.92 Å². The van der Waals surface area contributed by atoms with Crippen molar-refractivity contribution in [3.05, 3.63) is 12.2 Å². The van der Waals surface area contributed by atoms with Crippen LogP contribution in [0.4, 0.5) is 96.6 Å². The molecule has 0 amide bonds. The lowest BCUT2D eigenvalue weighted by Crippen LogP contribution is -2.70. The summed E-state index contributed by atoms with van der Waals surface area (Å²) in [5.41, 5.74) is -1.94. The maximum absolute atomic E-state index is 14.1. The topological polar surface area (TPSA) is 27.7 Å². The Kier molecular flexibility index (Phi) is 9.38. The van der Waals surface area contributed by atoms with E-state index < -0.39 is 72.3 Å². The zero-order valence-electron chi connectivity index (χ0n) is 17.3. The first-order chi connectivity index (χ1) is 16.5. The van der Waals surface area contributed by atoms with E-state index in [0.29, 0.717) is 0 Å². The molecule has 234 valence electrons. The Morgan fingerprint density at radius 1 is 0.513 bits per heavy atom. The molecule has 39 heavy (non-hydrogen) atoms. The van der Waals surface area contributed by atoms with Gasteiger partial charge in [0.25, 0.3) is 6.36 Å². The monoisotopic (exact) mass is 640 g/mol. The standard InChI is InChI=1S/C14H6F22O3/c1-3(2)5(16,17)4(15)37-13(33,34)7(20,10(25,26)27)39-14(35,36)8(21,11(28,29)30)38-12(31,32)6(18,19)9(22,23)24/h4H,1H2,2H3. The van der Waals surface area contributed by atoms with Crippen LogP contribution in [0.25, 0.3) is 0 Å². The molecule has 0 aliphatic heterocycles. The van der Waals surface area contributed by atoms with Crippen molar-refractivity contribution in [1.29, 1.82) is 0 Å². The number of rotatable bonds is 11. The minimum Gasteiger partial charge on any atom is -0.274 e. The minimum absolute atomic E-state index is 0.0280. The lowest BCUT2D eigenvalue weighted by atomic mass is 10.2. The van der Waals surface area contributed by atoms with E-state index in [4.69, 9.17) is 0 Å². The first-order valence-corrected chi connectivity index (χ1v) is 8.34. The Labute approximate surface area is 198 Å². The maximum atomic E-state index is 14.1. The van der Waals surface area contributed by atoms with E-state index in [9.17, 15) is 96.6 Å². The van der Waals surface area contributed by atoms with Crippen molar-refractivity contribution < 1.29 is 111 Å². The van der Waals surface area contributed by atoms with Crippen LogP contribution >= 0.6 is 0 Å². The third-order valence-electron chi connectivity index (χ3n) is 3.84. The van der Waals surface area contributed by atoms with Crippen LogP contribution in [0.3, 0.4) is 0 Å². The van der Waals surface area contributed by atoms with Gasteiger partial charge < -0.3 is 0 Å². The Balaban J connectivity index is 7.02. The van der Waals surface area contributed by atoms with Crippen molar-refractivity contribution in [2.75, 3.05) is 0 Å². The Bertz CT molecular complexity index is 886. The first kappa shape index (κ1) is 37.1. The number of halogens is 22. The summed E-state index contributed by atoms with van der Waals surface area (Å²) in [7, 11) is 0. The van der Waals surface area contributed by atoms with Crippen LogP contribution in [0.2, 0.25) is 0 Å². The van der Waals surface area contributed by atoms with Crippen LogP contribution in [-0.4, -0.2) is 66.8 Å². The largest absolute Gasteiger partial charge is 0.462 e. The third-order valence-corrected chi connectivity index (χ3v) is 3.84. The molecule has 0 aromatic rings. The number of hydrogen-bond donors (Lipinski definition) is 0. The van der Waals surface area contributed by atoms with Crippen molar-refractivity contribution in [1.82, 2.24) is 0 Å². The molecule has 0 bridgehead atoms. The second-order valence-electron chi connectivity index (χ2n) is 6.85. The quantitative estimate of drug-likeness (QED) is 0.170. The van der Waals surface area contributed by atoms with Crippen LogP contribution in [0.5, 0.6) is 0 Å². The summed E-state index contributed by atoms with van der Waals surface area (Å²) in [6, 6.07) is 0. The molecule has 25 heteroatoms. The van der Waals surface area contributed by atoms with E-state index in [1.54, 1.807) is 0 Å². The summed E-state index contributed by atoms with van der Waals surface area (Å²) in [4.78, 5) is 0. The van der Waals surface area contributed by atoms with Crippen molar-refractivity contribution in [3.63, 3.8) is 0 Å². The molecule has 0 aliphatic rings. The van der Waals surface area contributed by atoms with Crippen LogP contribution in [0, 0.1) is 0 Å². The van der Waals surface area contributed by atoms with Gasteiger partial charge in [0.15, 0.2) is 0 Å². The summed E-state index contributed by atoms with van der Waals surface area (Å²) in [6.07, 6.45) is -54.0. The molecule has 3 atom stereocenters. The fraction of sp³-hybridized carbons (Fsp3) is 0.857. The van der Waals surface area contributed by atoms with Gasteiger partial charge in [0.1, 0.15) is 0 Å². The zero-order chi connectivity index (χ0) is 32.3. The van der Waals surface area contributed by atoms with Crippen molar-refractivity contribution >= 4 is 0 Å². The highest BCUT2D eigenvalue weighted by Gasteiger charge is 2.87. The van der Waals surface area contributed by atoms with Gasteiger partial charge in [-0.15, -0.1) is 0 Å². The highest BCUT2D eigenvalue weighted by Crippen LogP contribution is 2.58. The zero-order valence-corrected chi connectivity index (χ0v) is 17.3. The second-order valence-corrected chi connectivity index (χ2v) is 6.85. The molecule has 0 saturated heterocycles. The molecule has 0 aromatic heterocycles. The lowest BCUT2D eigenvalue weighted by Gasteiger charge is -2.42. The minimum atomic E-state index is -8.53. The molecule has 0 radical (unpaired) electrons. The van der Waals surface area contributed by atoms with Gasteiger partial charge in [-0.2, -0.15) is 92.2 Å². The van der Waals surface area contributed by atoms with E-state index in [1.807, 2.05) is 4.74 Å². The van der Waals surface area contributed by atoms with E-state index in [0.717, 1.165) is 4.74 Å². The van der Waals surface area contributed by atoms with Gasteiger partial charge in [-0.1, -0.05) is 6.58 Å². The lowest BCUT2D eigenvalue weighted by molar-refractivity contribution is -0.574. The molecule has 0 aromatic carbocycles. The smallest absolute Gasteiger partial charge is 0.274 e. The predicted octanol–water partition coefficient (Wildman–Crippen LogP) is 7.98. The van der Waals surface area contributed by atoms with Gasteiger partial charge in [0.2, 0.25) is 0 Å². The van der Waals surface area contributed by atoms with Crippen molar-refractivity contribution in [2.45, 2.75) is 73.7 Å². The maximum Gasteiger partial charge on any atom is 0.462 e. The third kappa shape index (κ3) is 6.37. The Morgan fingerprint density at radius 3 is 1.10 bits per heavy atom. The van der Waals surface area contributed by atoms with E-state index in [2.05, 4.69) is 6.58 Å². The molecular formula is C14H6F22O3. The molecular weight excluding hydrogens is 634 g/mol. The Hall–Kier alpha value is -1.92. The molecule has 0 spiro atoms. The molecule has 0 N–H and O–H groups in total. The van der Waals surface area contributed by atoms with Crippen molar-refractivity contribution in [3.8, 4) is 0 Å². The van der Waals surface area contributed by atoms with E-state index in [-0.39, 0.29) is 6.92 Å². The molecule has 0 heterocycles. The average Bonchev–Trinajstić information content (AvgIpc) is 2.63. The normalized spacial score (nSPS) is 19.4. The molecule has 3 unspecified atom stereocenters. The average molecular weight is 640 g/mol. The Morgan fingerprint density at radius 2 is 0.821 bits per heavy atom.